The van der Waals surface area contributed by atoms with Crippen molar-refractivity contribution in [1.82, 2.24) is 15.5 Å². The van der Waals surface area contributed by atoms with E-state index in [1.54, 1.807) is 0 Å². The molecule has 0 aromatic heterocycles. The van der Waals surface area contributed by atoms with E-state index in [1.165, 1.54) is 12.0 Å². The highest BCUT2D eigenvalue weighted by Crippen LogP contribution is 2.11. The van der Waals surface area contributed by atoms with Crippen molar-refractivity contribution < 1.29 is 9.47 Å². The first-order chi connectivity index (χ1) is 12.7. The number of hydrogen-bond donors (Lipinski definition) is 2. The number of unbranched alkanes of at least 4 members (excludes halogenated alkanes) is 1. The summed E-state index contributed by atoms with van der Waals surface area (Å²) in [6.07, 6.45) is 4.57. The van der Waals surface area contributed by atoms with E-state index in [0.29, 0.717) is 32.4 Å². The standard InChI is InChI=1S/C20H40N4O2.HI/c1-5-7-13-25-15-16-26-14-10-22-20(21-6-2)23-19-8-11-24(12-9-19)17-18(3)4;/h19H,3,5-17H2,1-2,4H3,(H2,21,22,23);1H. The molecule has 0 radical (unpaired) electrons. The molecule has 1 saturated heterocycles. The highest BCUT2D eigenvalue weighted by Gasteiger charge is 2.19. The van der Waals surface area contributed by atoms with Crippen LogP contribution >= 0.6 is 24.0 Å². The summed E-state index contributed by atoms with van der Waals surface area (Å²) in [6, 6.07) is 0.488. The molecule has 7 heteroatoms. The number of piperidine rings is 1. The van der Waals surface area contributed by atoms with Gasteiger partial charge in [0.15, 0.2) is 5.96 Å². The van der Waals surface area contributed by atoms with Gasteiger partial charge in [0.05, 0.1) is 26.4 Å². The molecule has 0 aromatic rings. The van der Waals surface area contributed by atoms with Gasteiger partial charge in [-0.15, -0.1) is 24.0 Å². The molecular formula is C20H41IN4O2. The van der Waals surface area contributed by atoms with Gasteiger partial charge in [-0.05, 0) is 33.1 Å². The van der Waals surface area contributed by atoms with Gasteiger partial charge in [-0.2, -0.15) is 0 Å². The van der Waals surface area contributed by atoms with Gasteiger partial charge >= 0.3 is 0 Å². The van der Waals surface area contributed by atoms with Crippen molar-refractivity contribution in [2.45, 2.75) is 52.5 Å². The van der Waals surface area contributed by atoms with Crippen LogP contribution in [0.3, 0.4) is 0 Å². The minimum absolute atomic E-state index is 0. The number of nitrogens with one attached hydrogen (secondary N) is 2. The number of hydrogen-bond acceptors (Lipinski definition) is 4. The van der Waals surface area contributed by atoms with Gasteiger partial charge in [0.1, 0.15) is 0 Å². The van der Waals surface area contributed by atoms with E-state index in [1.807, 2.05) is 0 Å². The molecule has 0 saturated carbocycles. The molecule has 0 spiro atoms. The molecule has 1 aliphatic heterocycles. The Kier molecular flexibility index (Phi) is 17.5. The summed E-state index contributed by atoms with van der Waals surface area (Å²) in [7, 11) is 0. The predicted molar refractivity (Wildman–Crippen MR) is 125 cm³/mol. The third kappa shape index (κ3) is 14.3. The lowest BCUT2D eigenvalue weighted by Crippen LogP contribution is -2.49. The summed E-state index contributed by atoms with van der Waals surface area (Å²) in [6.45, 7) is 17.9. The Morgan fingerprint density at radius 1 is 1.11 bits per heavy atom. The second-order valence-corrected chi connectivity index (χ2v) is 6.99. The van der Waals surface area contributed by atoms with Crippen molar-refractivity contribution >= 4 is 29.9 Å². The van der Waals surface area contributed by atoms with Crippen molar-refractivity contribution in [3.8, 4) is 0 Å². The maximum atomic E-state index is 5.58. The number of aliphatic imine (C=N–C) groups is 1. The minimum Gasteiger partial charge on any atom is -0.379 e. The lowest BCUT2D eigenvalue weighted by molar-refractivity contribution is 0.0497. The monoisotopic (exact) mass is 496 g/mol. The molecule has 27 heavy (non-hydrogen) atoms. The number of halogens is 1. The molecule has 1 aliphatic rings. The Morgan fingerprint density at radius 2 is 1.78 bits per heavy atom. The highest BCUT2D eigenvalue weighted by molar-refractivity contribution is 14.0. The lowest BCUT2D eigenvalue weighted by Gasteiger charge is -2.33. The Labute approximate surface area is 183 Å². The van der Waals surface area contributed by atoms with Gasteiger partial charge in [-0.1, -0.05) is 25.5 Å². The largest absolute Gasteiger partial charge is 0.379 e. The van der Waals surface area contributed by atoms with Crippen LogP contribution in [0.5, 0.6) is 0 Å². The van der Waals surface area contributed by atoms with E-state index >= 15 is 0 Å². The van der Waals surface area contributed by atoms with Gasteiger partial charge in [-0.3, -0.25) is 9.89 Å². The van der Waals surface area contributed by atoms with Crippen LogP contribution in [0, 0.1) is 0 Å². The fourth-order valence-electron chi connectivity index (χ4n) is 2.92. The molecule has 1 heterocycles. The number of guanidine groups is 1. The fourth-order valence-corrected chi connectivity index (χ4v) is 2.92. The second-order valence-electron chi connectivity index (χ2n) is 6.99. The first kappa shape index (κ1) is 26.6. The number of nitrogens with zero attached hydrogens (tertiary/aromatic N) is 2. The predicted octanol–water partition coefficient (Wildman–Crippen LogP) is 3.03. The summed E-state index contributed by atoms with van der Waals surface area (Å²) in [4.78, 5) is 7.10. The topological polar surface area (TPSA) is 58.1 Å². The quantitative estimate of drug-likeness (QED) is 0.135. The molecule has 0 aromatic carbocycles. The van der Waals surface area contributed by atoms with E-state index in [2.05, 4.69) is 47.9 Å². The van der Waals surface area contributed by atoms with Crippen LogP contribution in [-0.4, -0.2) is 76.1 Å². The van der Waals surface area contributed by atoms with E-state index < -0.39 is 0 Å². The van der Waals surface area contributed by atoms with Crippen molar-refractivity contribution in [2.75, 3.05) is 59.2 Å². The molecule has 0 unspecified atom stereocenters. The van der Waals surface area contributed by atoms with Gasteiger partial charge in [0.2, 0.25) is 0 Å². The van der Waals surface area contributed by atoms with E-state index in [-0.39, 0.29) is 24.0 Å². The number of rotatable bonds is 13. The summed E-state index contributed by atoms with van der Waals surface area (Å²) in [5.74, 6) is 0.897. The normalized spacial score (nSPS) is 16.0. The zero-order valence-electron chi connectivity index (χ0n) is 17.6. The lowest BCUT2D eigenvalue weighted by atomic mass is 10.0. The molecule has 2 N–H and O–H groups in total. The molecule has 0 aliphatic carbocycles. The van der Waals surface area contributed by atoms with Crippen molar-refractivity contribution in [2.24, 2.45) is 4.99 Å². The zero-order valence-corrected chi connectivity index (χ0v) is 19.9. The molecule has 0 atom stereocenters. The number of likely N-dealkylation sites (tertiary alicyclic amines) is 1. The summed E-state index contributed by atoms with van der Waals surface area (Å²) in [5, 5.41) is 6.90. The maximum Gasteiger partial charge on any atom is 0.191 e. The van der Waals surface area contributed by atoms with Crippen molar-refractivity contribution in [1.29, 1.82) is 0 Å². The third-order valence-corrected chi connectivity index (χ3v) is 4.29. The van der Waals surface area contributed by atoms with Crippen LogP contribution in [0.2, 0.25) is 0 Å². The summed E-state index contributed by atoms with van der Waals surface area (Å²) < 4.78 is 11.1. The molecule has 1 fully saturated rings. The van der Waals surface area contributed by atoms with Crippen LogP contribution in [-0.2, 0) is 9.47 Å². The SMILES string of the molecule is C=C(C)CN1CCC(NC(=NCCOCCOCCCC)NCC)CC1.I. The average molecular weight is 496 g/mol. The van der Waals surface area contributed by atoms with Crippen molar-refractivity contribution in [3.05, 3.63) is 12.2 Å². The van der Waals surface area contributed by atoms with Crippen LogP contribution in [0.15, 0.2) is 17.1 Å². The van der Waals surface area contributed by atoms with Crippen LogP contribution in [0.1, 0.15) is 46.5 Å². The number of ether oxygens (including phenoxy) is 2. The van der Waals surface area contributed by atoms with E-state index in [0.717, 1.165) is 58.0 Å². The summed E-state index contributed by atoms with van der Waals surface area (Å²) >= 11 is 0. The van der Waals surface area contributed by atoms with Gasteiger partial charge in [-0.25, -0.2) is 0 Å². The van der Waals surface area contributed by atoms with Crippen LogP contribution in [0.4, 0.5) is 0 Å². The molecule has 1 rings (SSSR count). The summed E-state index contributed by atoms with van der Waals surface area (Å²) in [5.41, 5.74) is 1.24. The average Bonchev–Trinajstić information content (AvgIpc) is 2.61. The Bertz CT molecular complexity index is 399. The maximum absolute atomic E-state index is 5.58. The Hall–Kier alpha value is -0.380. The minimum atomic E-state index is 0. The molecule has 160 valence electrons. The molecule has 6 nitrogen and oxygen atoms in total. The first-order valence-corrected chi connectivity index (χ1v) is 10.2. The first-order valence-electron chi connectivity index (χ1n) is 10.2. The van der Waals surface area contributed by atoms with Crippen LogP contribution in [0.25, 0.3) is 0 Å². The second kappa shape index (κ2) is 17.7. The zero-order chi connectivity index (χ0) is 19.0. The van der Waals surface area contributed by atoms with E-state index in [9.17, 15) is 0 Å². The van der Waals surface area contributed by atoms with Crippen LogP contribution < -0.4 is 10.6 Å². The highest BCUT2D eigenvalue weighted by atomic mass is 127. The smallest absolute Gasteiger partial charge is 0.191 e. The van der Waals surface area contributed by atoms with Gasteiger partial charge in [0, 0.05) is 38.8 Å². The molecule has 0 amide bonds. The Balaban J connectivity index is 0.00000676. The van der Waals surface area contributed by atoms with Crippen molar-refractivity contribution in [3.63, 3.8) is 0 Å². The molecule has 0 bridgehead atoms. The van der Waals surface area contributed by atoms with Gasteiger partial charge in [0.25, 0.3) is 0 Å². The fraction of sp³-hybridized carbons (Fsp3) is 0.850. The van der Waals surface area contributed by atoms with Gasteiger partial charge < -0.3 is 20.1 Å². The Morgan fingerprint density at radius 3 is 2.37 bits per heavy atom. The third-order valence-electron chi connectivity index (χ3n) is 4.29. The molecular weight excluding hydrogens is 455 g/mol. The van der Waals surface area contributed by atoms with E-state index in [4.69, 9.17) is 9.47 Å².